The van der Waals surface area contributed by atoms with Crippen LogP contribution >= 0.6 is 11.6 Å². The third-order valence-corrected chi connectivity index (χ3v) is 6.46. The first-order valence-corrected chi connectivity index (χ1v) is 9.86. The topological polar surface area (TPSA) is 36.1 Å². The van der Waals surface area contributed by atoms with Crippen molar-refractivity contribution in [1.82, 2.24) is 9.88 Å². The van der Waals surface area contributed by atoms with Gasteiger partial charge in [0.2, 0.25) is 0 Å². The van der Waals surface area contributed by atoms with Gasteiger partial charge in [-0.05, 0) is 34.9 Å². The molecule has 2 atom stereocenters. The van der Waals surface area contributed by atoms with Gasteiger partial charge in [0.05, 0.1) is 6.04 Å². The average Bonchev–Trinajstić information content (AvgIpc) is 3.24. The SMILES string of the molecule is O=C1c2ccccc2[C@@H]2c3[nH]c4ccccc4c3[C@@H](c3ccccc3Cl)CN12. The zero-order chi connectivity index (χ0) is 18.8. The number of hydrogen-bond acceptors (Lipinski definition) is 1. The maximum Gasteiger partial charge on any atom is 0.255 e. The summed E-state index contributed by atoms with van der Waals surface area (Å²) in [5.74, 6) is 0.135. The van der Waals surface area contributed by atoms with E-state index >= 15 is 0 Å². The molecule has 3 heterocycles. The molecule has 1 amide bonds. The Kier molecular flexibility index (Phi) is 3.27. The van der Waals surface area contributed by atoms with E-state index in [0.717, 1.165) is 32.9 Å². The molecule has 4 aromatic rings. The molecule has 4 heteroatoms. The van der Waals surface area contributed by atoms with Crippen LogP contribution in [0.2, 0.25) is 5.02 Å². The maximum atomic E-state index is 13.2. The smallest absolute Gasteiger partial charge is 0.255 e. The van der Waals surface area contributed by atoms with Crippen LogP contribution in [-0.2, 0) is 0 Å². The molecule has 0 spiro atoms. The number of carbonyl (C=O) groups excluding carboxylic acids is 1. The van der Waals surface area contributed by atoms with Crippen molar-refractivity contribution in [2.75, 3.05) is 6.54 Å². The maximum absolute atomic E-state index is 13.2. The first-order chi connectivity index (χ1) is 13.7. The number of benzene rings is 3. The number of aromatic amines is 1. The highest BCUT2D eigenvalue weighted by Gasteiger charge is 2.45. The predicted molar refractivity (Wildman–Crippen MR) is 111 cm³/mol. The van der Waals surface area contributed by atoms with E-state index in [0.29, 0.717) is 6.54 Å². The van der Waals surface area contributed by atoms with Crippen molar-refractivity contribution in [2.24, 2.45) is 0 Å². The number of para-hydroxylation sites is 1. The lowest BCUT2D eigenvalue weighted by Gasteiger charge is -2.36. The minimum atomic E-state index is -0.0650. The molecular formula is C24H17ClN2O. The van der Waals surface area contributed by atoms with Crippen LogP contribution in [-0.4, -0.2) is 22.3 Å². The summed E-state index contributed by atoms with van der Waals surface area (Å²) in [7, 11) is 0. The number of amides is 1. The zero-order valence-electron chi connectivity index (χ0n) is 15.0. The molecule has 0 saturated carbocycles. The number of aromatic nitrogens is 1. The molecule has 0 saturated heterocycles. The Hall–Kier alpha value is -3.04. The van der Waals surface area contributed by atoms with E-state index < -0.39 is 0 Å². The Morgan fingerprint density at radius 2 is 1.61 bits per heavy atom. The van der Waals surface area contributed by atoms with Gasteiger partial charge in [-0.2, -0.15) is 0 Å². The quantitative estimate of drug-likeness (QED) is 0.461. The van der Waals surface area contributed by atoms with Gasteiger partial charge in [-0.25, -0.2) is 0 Å². The average molecular weight is 385 g/mol. The molecule has 28 heavy (non-hydrogen) atoms. The number of fused-ring (bicyclic) bond motifs is 7. The molecule has 0 unspecified atom stereocenters. The summed E-state index contributed by atoms with van der Waals surface area (Å²) >= 11 is 6.60. The Morgan fingerprint density at radius 1 is 0.893 bits per heavy atom. The van der Waals surface area contributed by atoms with Crippen LogP contribution < -0.4 is 0 Å². The summed E-state index contributed by atoms with van der Waals surface area (Å²) in [6.07, 6.45) is 0. The van der Waals surface area contributed by atoms with Crippen molar-refractivity contribution < 1.29 is 4.79 Å². The standard InChI is InChI=1S/C24H17ClN2O/c25-19-11-5-3-7-14(19)18-13-27-23(15-8-1-2-9-16(15)24(27)28)22-21(18)17-10-4-6-12-20(17)26-22/h1-12,18,23,26H,13H2/t18-,23-/m1/s1. The molecule has 0 fully saturated rings. The first kappa shape index (κ1) is 16.0. The summed E-state index contributed by atoms with van der Waals surface area (Å²) in [4.78, 5) is 18.8. The highest BCUT2D eigenvalue weighted by atomic mass is 35.5. The highest BCUT2D eigenvalue weighted by molar-refractivity contribution is 6.31. The second kappa shape index (κ2) is 5.73. The number of hydrogen-bond donors (Lipinski definition) is 1. The summed E-state index contributed by atoms with van der Waals surface area (Å²) in [6, 6.07) is 24.2. The van der Waals surface area contributed by atoms with Gasteiger partial charge in [-0.3, -0.25) is 4.79 Å². The number of nitrogens with one attached hydrogen (secondary N) is 1. The molecule has 0 bridgehead atoms. The first-order valence-electron chi connectivity index (χ1n) is 9.49. The molecule has 6 rings (SSSR count). The Morgan fingerprint density at radius 3 is 2.46 bits per heavy atom. The van der Waals surface area contributed by atoms with Gasteiger partial charge >= 0.3 is 0 Å². The third kappa shape index (κ3) is 2.02. The largest absolute Gasteiger partial charge is 0.356 e. The molecule has 0 radical (unpaired) electrons. The van der Waals surface area contributed by atoms with E-state index in [4.69, 9.17) is 11.6 Å². The minimum Gasteiger partial charge on any atom is -0.356 e. The lowest BCUT2D eigenvalue weighted by Crippen LogP contribution is -2.38. The van der Waals surface area contributed by atoms with Crippen molar-refractivity contribution in [3.05, 3.63) is 106 Å². The molecule has 3 aromatic carbocycles. The summed E-state index contributed by atoms with van der Waals surface area (Å²) in [5, 5.41) is 1.95. The Balaban J connectivity index is 1.66. The summed E-state index contributed by atoms with van der Waals surface area (Å²) < 4.78 is 0. The van der Waals surface area contributed by atoms with E-state index in [2.05, 4.69) is 35.3 Å². The molecule has 1 N–H and O–H groups in total. The monoisotopic (exact) mass is 384 g/mol. The number of H-pyrrole nitrogens is 1. The van der Waals surface area contributed by atoms with E-state index in [1.54, 1.807) is 0 Å². The lowest BCUT2D eigenvalue weighted by atomic mass is 9.83. The summed E-state index contributed by atoms with van der Waals surface area (Å²) in [5.41, 5.74) is 6.42. The fraction of sp³-hybridized carbons (Fsp3) is 0.125. The van der Waals surface area contributed by atoms with E-state index in [1.807, 2.05) is 47.4 Å². The molecule has 2 aliphatic heterocycles. The van der Waals surface area contributed by atoms with Crippen LogP contribution in [0, 0.1) is 0 Å². The van der Waals surface area contributed by atoms with Gasteiger partial charge in [-0.1, -0.05) is 66.2 Å². The van der Waals surface area contributed by atoms with Gasteiger partial charge < -0.3 is 9.88 Å². The van der Waals surface area contributed by atoms with Crippen LogP contribution in [0.25, 0.3) is 10.9 Å². The van der Waals surface area contributed by atoms with E-state index in [9.17, 15) is 4.79 Å². The van der Waals surface area contributed by atoms with E-state index in [-0.39, 0.29) is 17.9 Å². The normalized spacial score (nSPS) is 20.2. The van der Waals surface area contributed by atoms with Crippen molar-refractivity contribution in [1.29, 1.82) is 0 Å². The van der Waals surface area contributed by atoms with Crippen molar-refractivity contribution >= 4 is 28.4 Å². The molecule has 136 valence electrons. The van der Waals surface area contributed by atoms with Crippen molar-refractivity contribution in [3.63, 3.8) is 0 Å². The van der Waals surface area contributed by atoms with Crippen LogP contribution in [0.4, 0.5) is 0 Å². The van der Waals surface area contributed by atoms with Crippen LogP contribution in [0.15, 0.2) is 72.8 Å². The second-order valence-electron chi connectivity index (χ2n) is 7.52. The fourth-order valence-electron chi connectivity index (χ4n) is 4.94. The molecule has 0 aliphatic carbocycles. The van der Waals surface area contributed by atoms with Crippen LogP contribution in [0.5, 0.6) is 0 Å². The van der Waals surface area contributed by atoms with Gasteiger partial charge in [0, 0.05) is 39.6 Å². The third-order valence-electron chi connectivity index (χ3n) is 6.12. The Labute approximate surface area is 167 Å². The van der Waals surface area contributed by atoms with Gasteiger partial charge in [0.15, 0.2) is 0 Å². The molecular weight excluding hydrogens is 368 g/mol. The van der Waals surface area contributed by atoms with E-state index in [1.165, 1.54) is 10.9 Å². The van der Waals surface area contributed by atoms with Crippen molar-refractivity contribution in [3.8, 4) is 0 Å². The van der Waals surface area contributed by atoms with Crippen LogP contribution in [0.1, 0.15) is 44.7 Å². The number of carbonyl (C=O) groups is 1. The van der Waals surface area contributed by atoms with Gasteiger partial charge in [0.25, 0.3) is 5.91 Å². The minimum absolute atomic E-state index is 0.0364. The number of rotatable bonds is 1. The molecule has 2 aliphatic rings. The number of nitrogens with zero attached hydrogens (tertiary/aromatic N) is 1. The molecule has 3 nitrogen and oxygen atoms in total. The lowest BCUT2D eigenvalue weighted by molar-refractivity contribution is 0.0727. The fourth-order valence-corrected chi connectivity index (χ4v) is 5.21. The van der Waals surface area contributed by atoms with Gasteiger partial charge in [-0.15, -0.1) is 0 Å². The van der Waals surface area contributed by atoms with Crippen molar-refractivity contribution in [2.45, 2.75) is 12.0 Å². The Bertz CT molecular complexity index is 1260. The number of halogens is 1. The highest BCUT2D eigenvalue weighted by Crippen LogP contribution is 2.50. The summed E-state index contributed by atoms with van der Waals surface area (Å²) in [6.45, 7) is 0.622. The predicted octanol–water partition coefficient (Wildman–Crippen LogP) is 5.51. The molecule has 1 aromatic heterocycles. The van der Waals surface area contributed by atoms with Crippen LogP contribution in [0.3, 0.4) is 0 Å². The second-order valence-corrected chi connectivity index (χ2v) is 7.93. The zero-order valence-corrected chi connectivity index (χ0v) is 15.8. The van der Waals surface area contributed by atoms with Gasteiger partial charge in [0.1, 0.15) is 0 Å².